The largest absolute Gasteiger partial charge is 0.490 e. The number of nitrogens with zero attached hydrogens (tertiary/aromatic N) is 1. The molecule has 0 amide bonds. The molecule has 0 aromatic heterocycles. The standard InChI is InChI=1S/C26H28Cl2N2O2/c1-2-31-25-17-21(9-11-24(25)32-18-19-6-4-3-5-7-19)26(30-14-12-29-13-15-30)20-8-10-22(27)23(28)16-20/h3-11,16-17,26,29H,2,12-15,18H2,1H3. The van der Waals surface area contributed by atoms with Crippen molar-refractivity contribution in [1.29, 1.82) is 0 Å². The zero-order valence-electron chi connectivity index (χ0n) is 18.2. The van der Waals surface area contributed by atoms with Crippen molar-refractivity contribution >= 4 is 23.2 Å². The predicted octanol–water partition coefficient (Wildman–Crippen LogP) is 5.97. The van der Waals surface area contributed by atoms with Crippen LogP contribution in [0.4, 0.5) is 0 Å². The molecule has 6 heteroatoms. The first kappa shape index (κ1) is 22.9. The molecule has 0 radical (unpaired) electrons. The number of benzene rings is 3. The molecule has 0 bridgehead atoms. The van der Waals surface area contributed by atoms with Gasteiger partial charge in [0.2, 0.25) is 0 Å². The van der Waals surface area contributed by atoms with Crippen LogP contribution in [-0.2, 0) is 6.61 Å². The zero-order valence-corrected chi connectivity index (χ0v) is 19.7. The summed E-state index contributed by atoms with van der Waals surface area (Å²) in [5.41, 5.74) is 3.37. The van der Waals surface area contributed by atoms with Crippen LogP contribution in [0, 0.1) is 0 Å². The number of hydrogen-bond acceptors (Lipinski definition) is 4. The molecule has 168 valence electrons. The van der Waals surface area contributed by atoms with Crippen LogP contribution in [0.15, 0.2) is 66.7 Å². The molecule has 1 saturated heterocycles. The van der Waals surface area contributed by atoms with E-state index in [0.29, 0.717) is 23.3 Å². The van der Waals surface area contributed by atoms with Gasteiger partial charge in [-0.15, -0.1) is 0 Å². The molecular weight excluding hydrogens is 443 g/mol. The van der Waals surface area contributed by atoms with Gasteiger partial charge in [-0.05, 0) is 47.9 Å². The molecule has 0 aliphatic carbocycles. The lowest BCUT2D eigenvalue weighted by molar-refractivity contribution is 0.197. The number of ether oxygens (including phenoxy) is 2. The molecule has 1 heterocycles. The van der Waals surface area contributed by atoms with Crippen LogP contribution in [-0.4, -0.2) is 37.7 Å². The SMILES string of the molecule is CCOc1cc(C(c2ccc(Cl)c(Cl)c2)N2CCNCC2)ccc1OCc1ccccc1. The number of rotatable bonds is 8. The minimum atomic E-state index is 0.0502. The summed E-state index contributed by atoms with van der Waals surface area (Å²) in [6, 6.07) is 22.3. The van der Waals surface area contributed by atoms with Gasteiger partial charge in [0.1, 0.15) is 6.61 Å². The third-order valence-electron chi connectivity index (χ3n) is 5.60. The third-order valence-corrected chi connectivity index (χ3v) is 6.34. The number of piperazine rings is 1. The molecule has 0 spiro atoms. The molecule has 32 heavy (non-hydrogen) atoms. The maximum atomic E-state index is 6.38. The summed E-state index contributed by atoms with van der Waals surface area (Å²) in [5, 5.41) is 4.56. The van der Waals surface area contributed by atoms with Crippen molar-refractivity contribution in [3.05, 3.63) is 93.5 Å². The molecule has 0 saturated carbocycles. The summed E-state index contributed by atoms with van der Waals surface area (Å²) >= 11 is 12.6. The van der Waals surface area contributed by atoms with E-state index in [-0.39, 0.29) is 6.04 Å². The molecule has 1 unspecified atom stereocenters. The van der Waals surface area contributed by atoms with E-state index in [1.165, 1.54) is 0 Å². The van der Waals surface area contributed by atoms with Gasteiger partial charge in [0.25, 0.3) is 0 Å². The van der Waals surface area contributed by atoms with Crippen molar-refractivity contribution in [3.63, 3.8) is 0 Å². The second-order valence-electron chi connectivity index (χ2n) is 7.78. The average molecular weight is 471 g/mol. The molecule has 1 aliphatic rings. The van der Waals surface area contributed by atoms with Crippen LogP contribution < -0.4 is 14.8 Å². The van der Waals surface area contributed by atoms with Gasteiger partial charge in [0.15, 0.2) is 11.5 Å². The van der Waals surface area contributed by atoms with Crippen molar-refractivity contribution in [3.8, 4) is 11.5 Å². The summed E-state index contributed by atoms with van der Waals surface area (Å²) in [4.78, 5) is 2.46. The fraction of sp³-hybridized carbons (Fsp3) is 0.308. The first-order chi connectivity index (χ1) is 15.7. The lowest BCUT2D eigenvalue weighted by Gasteiger charge is -2.36. The highest BCUT2D eigenvalue weighted by Crippen LogP contribution is 2.37. The van der Waals surface area contributed by atoms with Crippen molar-refractivity contribution in [2.24, 2.45) is 0 Å². The summed E-state index contributed by atoms with van der Waals surface area (Å²) in [7, 11) is 0. The van der Waals surface area contributed by atoms with E-state index in [1.807, 2.05) is 43.3 Å². The van der Waals surface area contributed by atoms with Crippen LogP contribution >= 0.6 is 23.2 Å². The van der Waals surface area contributed by atoms with E-state index < -0.39 is 0 Å². The van der Waals surface area contributed by atoms with Crippen molar-refractivity contribution in [2.75, 3.05) is 32.8 Å². The third kappa shape index (κ3) is 5.57. The second-order valence-corrected chi connectivity index (χ2v) is 8.59. The lowest BCUT2D eigenvalue weighted by Crippen LogP contribution is -2.45. The molecule has 1 N–H and O–H groups in total. The molecule has 1 fully saturated rings. The van der Waals surface area contributed by atoms with E-state index >= 15 is 0 Å². The molecular formula is C26H28Cl2N2O2. The predicted molar refractivity (Wildman–Crippen MR) is 131 cm³/mol. The Morgan fingerprint density at radius 2 is 1.56 bits per heavy atom. The fourth-order valence-electron chi connectivity index (χ4n) is 4.05. The zero-order chi connectivity index (χ0) is 22.3. The van der Waals surface area contributed by atoms with Gasteiger partial charge in [0.05, 0.1) is 22.7 Å². The fourth-order valence-corrected chi connectivity index (χ4v) is 4.36. The molecule has 4 rings (SSSR count). The highest BCUT2D eigenvalue weighted by Gasteiger charge is 2.25. The van der Waals surface area contributed by atoms with E-state index in [9.17, 15) is 0 Å². The van der Waals surface area contributed by atoms with Gasteiger partial charge in [-0.25, -0.2) is 0 Å². The Morgan fingerprint density at radius 1 is 0.844 bits per heavy atom. The Morgan fingerprint density at radius 3 is 2.28 bits per heavy atom. The summed E-state index contributed by atoms with van der Waals surface area (Å²) in [6.45, 7) is 6.84. The van der Waals surface area contributed by atoms with Crippen molar-refractivity contribution < 1.29 is 9.47 Å². The van der Waals surface area contributed by atoms with Gasteiger partial charge in [-0.2, -0.15) is 0 Å². The Kier molecular flexibility index (Phi) is 7.93. The maximum absolute atomic E-state index is 6.38. The quantitative estimate of drug-likeness (QED) is 0.439. The van der Waals surface area contributed by atoms with Crippen LogP contribution in [0.25, 0.3) is 0 Å². The topological polar surface area (TPSA) is 33.7 Å². The monoisotopic (exact) mass is 470 g/mol. The molecule has 4 nitrogen and oxygen atoms in total. The van der Waals surface area contributed by atoms with E-state index in [2.05, 4.69) is 40.5 Å². The van der Waals surface area contributed by atoms with E-state index in [4.69, 9.17) is 32.7 Å². The van der Waals surface area contributed by atoms with Crippen LogP contribution in [0.5, 0.6) is 11.5 Å². The Labute approximate surface area is 200 Å². The first-order valence-electron chi connectivity index (χ1n) is 11.0. The van der Waals surface area contributed by atoms with Crippen molar-refractivity contribution in [1.82, 2.24) is 10.2 Å². The van der Waals surface area contributed by atoms with E-state index in [1.54, 1.807) is 0 Å². The smallest absolute Gasteiger partial charge is 0.161 e. The minimum absolute atomic E-state index is 0.0502. The minimum Gasteiger partial charge on any atom is -0.490 e. The summed E-state index contributed by atoms with van der Waals surface area (Å²) in [5.74, 6) is 1.49. The molecule has 1 atom stereocenters. The first-order valence-corrected chi connectivity index (χ1v) is 11.7. The molecule has 3 aromatic rings. The van der Waals surface area contributed by atoms with Crippen LogP contribution in [0.3, 0.4) is 0 Å². The average Bonchev–Trinajstić information content (AvgIpc) is 2.82. The van der Waals surface area contributed by atoms with Crippen molar-refractivity contribution in [2.45, 2.75) is 19.6 Å². The normalized spacial score (nSPS) is 15.3. The Bertz CT molecular complexity index is 1020. The van der Waals surface area contributed by atoms with Gasteiger partial charge < -0.3 is 14.8 Å². The van der Waals surface area contributed by atoms with Gasteiger partial charge in [-0.1, -0.05) is 65.7 Å². The van der Waals surface area contributed by atoms with E-state index in [0.717, 1.165) is 54.4 Å². The lowest BCUT2D eigenvalue weighted by atomic mass is 9.96. The molecule has 3 aromatic carbocycles. The highest BCUT2D eigenvalue weighted by atomic mass is 35.5. The van der Waals surface area contributed by atoms with Gasteiger partial charge in [-0.3, -0.25) is 4.90 Å². The second kappa shape index (κ2) is 11.1. The Hall–Kier alpha value is -2.24. The number of nitrogens with one attached hydrogen (secondary N) is 1. The number of halogens is 2. The van der Waals surface area contributed by atoms with Crippen LogP contribution in [0.1, 0.15) is 29.7 Å². The summed E-state index contributed by atoms with van der Waals surface area (Å²) < 4.78 is 12.1. The van der Waals surface area contributed by atoms with Crippen LogP contribution in [0.2, 0.25) is 10.0 Å². The Balaban J connectivity index is 1.66. The molecule has 1 aliphatic heterocycles. The maximum Gasteiger partial charge on any atom is 0.161 e. The van der Waals surface area contributed by atoms with Gasteiger partial charge in [0, 0.05) is 26.2 Å². The summed E-state index contributed by atoms with van der Waals surface area (Å²) in [6.07, 6.45) is 0. The highest BCUT2D eigenvalue weighted by molar-refractivity contribution is 6.42. The van der Waals surface area contributed by atoms with Gasteiger partial charge >= 0.3 is 0 Å². The number of hydrogen-bond donors (Lipinski definition) is 1.